The van der Waals surface area contributed by atoms with Crippen LogP contribution in [-0.4, -0.2) is 51.0 Å². The number of nitrogens with zero attached hydrogens (tertiary/aromatic N) is 4. The van der Waals surface area contributed by atoms with Gasteiger partial charge in [-0.05, 0) is 44.5 Å². The van der Waals surface area contributed by atoms with Crippen molar-refractivity contribution in [1.29, 1.82) is 0 Å². The van der Waals surface area contributed by atoms with Crippen LogP contribution in [0, 0.1) is 5.82 Å². The lowest BCUT2D eigenvalue weighted by molar-refractivity contribution is -0.127. The van der Waals surface area contributed by atoms with Crippen LogP contribution in [0.4, 0.5) is 9.18 Å². The molecule has 9 heteroatoms. The number of carbonyl (C=O) groups is 2. The van der Waals surface area contributed by atoms with E-state index in [4.69, 9.17) is 4.74 Å². The minimum atomic E-state index is -0.632. The molecule has 27 heavy (non-hydrogen) atoms. The maximum Gasteiger partial charge on any atom is 0.324 e. The summed E-state index contributed by atoms with van der Waals surface area (Å²) in [4.78, 5) is 25.7. The van der Waals surface area contributed by atoms with Gasteiger partial charge in [0.25, 0.3) is 5.91 Å². The third-order valence-corrected chi connectivity index (χ3v) is 4.22. The zero-order chi connectivity index (χ0) is 19.4. The molecular formula is C18H22FN5O3. The largest absolute Gasteiger partial charge is 0.494 e. The van der Waals surface area contributed by atoms with E-state index in [1.807, 2.05) is 13.8 Å². The quantitative estimate of drug-likeness (QED) is 0.563. The number of amides is 3. The molecule has 1 atom stereocenters. The van der Waals surface area contributed by atoms with Crippen molar-refractivity contribution in [2.24, 2.45) is 0 Å². The summed E-state index contributed by atoms with van der Waals surface area (Å²) in [6, 6.07) is 4.82. The highest BCUT2D eigenvalue weighted by molar-refractivity contribution is 6.04. The molecule has 1 aliphatic heterocycles. The van der Waals surface area contributed by atoms with Gasteiger partial charge in [0.05, 0.1) is 12.3 Å². The topological polar surface area (TPSA) is 89.4 Å². The summed E-state index contributed by atoms with van der Waals surface area (Å²) in [5.74, 6) is -0.0678. The highest BCUT2D eigenvalue weighted by Gasteiger charge is 2.37. The Morgan fingerprint density at radius 3 is 2.67 bits per heavy atom. The smallest absolute Gasteiger partial charge is 0.324 e. The molecule has 3 amide bonds. The maximum absolute atomic E-state index is 12.8. The Bertz CT molecular complexity index is 806. The van der Waals surface area contributed by atoms with Gasteiger partial charge in [0.1, 0.15) is 17.6 Å². The average molecular weight is 375 g/mol. The van der Waals surface area contributed by atoms with Crippen LogP contribution in [0.25, 0.3) is 0 Å². The number of nitrogens with one attached hydrogen (secondary N) is 1. The second-order valence-corrected chi connectivity index (χ2v) is 6.64. The Hall–Kier alpha value is -2.97. The number of hydrogen-bond acceptors (Lipinski definition) is 5. The summed E-state index contributed by atoms with van der Waals surface area (Å²) >= 11 is 0. The monoisotopic (exact) mass is 375 g/mol. The van der Waals surface area contributed by atoms with E-state index >= 15 is 0 Å². The van der Waals surface area contributed by atoms with Crippen LogP contribution in [0.15, 0.2) is 30.5 Å². The highest BCUT2D eigenvalue weighted by atomic mass is 19.1. The van der Waals surface area contributed by atoms with E-state index in [-0.39, 0.29) is 24.3 Å². The molecule has 1 aromatic heterocycles. The minimum absolute atomic E-state index is 0.178. The predicted molar refractivity (Wildman–Crippen MR) is 94.7 cm³/mol. The average Bonchev–Trinajstić information content (AvgIpc) is 3.20. The summed E-state index contributed by atoms with van der Waals surface area (Å²) in [6.45, 7) is 4.53. The standard InChI is InChI=1S/C18H22FN5O3/c1-12(2)24-11-14(21-22-24)10-16-17(25)23(18(26)20-16)8-3-9-27-15-6-4-13(19)5-7-15/h4-7,11-12,16H,3,8-10H2,1-2H3,(H,20,26)/t16-/m0/s1. The summed E-state index contributed by atoms with van der Waals surface area (Å²) in [5.41, 5.74) is 0.656. The van der Waals surface area contributed by atoms with E-state index in [1.54, 1.807) is 10.9 Å². The molecule has 2 heterocycles. The van der Waals surface area contributed by atoms with Gasteiger partial charge in [-0.1, -0.05) is 5.21 Å². The molecule has 0 aliphatic carbocycles. The molecule has 144 valence electrons. The summed E-state index contributed by atoms with van der Waals surface area (Å²) in [7, 11) is 0. The molecular weight excluding hydrogens is 353 g/mol. The molecule has 1 saturated heterocycles. The molecule has 1 aliphatic rings. The van der Waals surface area contributed by atoms with Gasteiger partial charge in [0.2, 0.25) is 0 Å². The number of rotatable bonds is 8. The maximum atomic E-state index is 12.8. The summed E-state index contributed by atoms with van der Waals surface area (Å²) in [6.07, 6.45) is 2.57. The van der Waals surface area contributed by atoms with E-state index in [0.29, 0.717) is 30.9 Å². The third-order valence-electron chi connectivity index (χ3n) is 4.22. The van der Waals surface area contributed by atoms with Crippen LogP contribution in [-0.2, 0) is 11.2 Å². The molecule has 8 nitrogen and oxygen atoms in total. The lowest BCUT2D eigenvalue weighted by atomic mass is 10.1. The normalized spacial score (nSPS) is 16.9. The van der Waals surface area contributed by atoms with Gasteiger partial charge in [-0.2, -0.15) is 0 Å². The van der Waals surface area contributed by atoms with Crippen molar-refractivity contribution in [3.05, 3.63) is 42.0 Å². The zero-order valence-electron chi connectivity index (χ0n) is 15.3. The van der Waals surface area contributed by atoms with Crippen molar-refractivity contribution in [1.82, 2.24) is 25.2 Å². The predicted octanol–water partition coefficient (Wildman–Crippen LogP) is 1.93. The Kier molecular flexibility index (Phi) is 5.68. The number of hydrogen-bond donors (Lipinski definition) is 1. The first-order valence-electron chi connectivity index (χ1n) is 8.85. The zero-order valence-corrected chi connectivity index (χ0v) is 15.3. The Balaban J connectivity index is 1.47. The van der Waals surface area contributed by atoms with Gasteiger partial charge in [-0.3, -0.25) is 9.69 Å². The molecule has 0 saturated carbocycles. The first-order valence-corrected chi connectivity index (χ1v) is 8.85. The van der Waals surface area contributed by atoms with E-state index in [1.165, 1.54) is 29.2 Å². The number of urea groups is 1. The molecule has 0 unspecified atom stereocenters. The summed E-state index contributed by atoms with van der Waals surface area (Å²) < 4.78 is 20.0. The van der Waals surface area contributed by atoms with Crippen LogP contribution in [0.2, 0.25) is 0 Å². The number of carbonyl (C=O) groups excluding carboxylic acids is 2. The molecule has 0 spiro atoms. The number of aromatic nitrogens is 3. The van der Waals surface area contributed by atoms with Gasteiger partial charge in [-0.25, -0.2) is 13.9 Å². The number of benzene rings is 1. The minimum Gasteiger partial charge on any atom is -0.494 e. The van der Waals surface area contributed by atoms with Crippen LogP contribution in [0.5, 0.6) is 5.75 Å². The fraction of sp³-hybridized carbons (Fsp3) is 0.444. The molecule has 1 N–H and O–H groups in total. The van der Waals surface area contributed by atoms with Crippen LogP contribution in [0.3, 0.4) is 0 Å². The lowest BCUT2D eigenvalue weighted by Crippen LogP contribution is -2.33. The lowest BCUT2D eigenvalue weighted by Gasteiger charge is -2.13. The number of imide groups is 1. The highest BCUT2D eigenvalue weighted by Crippen LogP contribution is 2.14. The first-order chi connectivity index (χ1) is 12.9. The van der Waals surface area contributed by atoms with Gasteiger partial charge >= 0.3 is 6.03 Å². The van der Waals surface area contributed by atoms with Gasteiger partial charge in [0.15, 0.2) is 0 Å². The molecule has 0 radical (unpaired) electrons. The number of halogens is 1. The molecule has 1 fully saturated rings. The molecule has 1 aromatic carbocycles. The summed E-state index contributed by atoms with van der Waals surface area (Å²) in [5, 5.41) is 10.7. The first kappa shape index (κ1) is 18.8. The van der Waals surface area contributed by atoms with Gasteiger partial charge in [-0.15, -0.1) is 5.10 Å². The van der Waals surface area contributed by atoms with Crippen molar-refractivity contribution in [2.45, 2.75) is 38.8 Å². The SMILES string of the molecule is CC(C)n1cc(C[C@@H]2NC(=O)N(CCCOc3ccc(F)cc3)C2=O)nn1. The Labute approximate surface area is 156 Å². The van der Waals surface area contributed by atoms with E-state index in [9.17, 15) is 14.0 Å². The van der Waals surface area contributed by atoms with E-state index in [0.717, 1.165) is 0 Å². The van der Waals surface area contributed by atoms with Crippen molar-refractivity contribution < 1.29 is 18.7 Å². The molecule has 2 aromatic rings. The van der Waals surface area contributed by atoms with Crippen molar-refractivity contribution in [3.63, 3.8) is 0 Å². The molecule has 3 rings (SSSR count). The fourth-order valence-corrected chi connectivity index (χ4v) is 2.74. The van der Waals surface area contributed by atoms with Crippen LogP contribution < -0.4 is 10.1 Å². The molecule has 0 bridgehead atoms. The van der Waals surface area contributed by atoms with Crippen LogP contribution in [0.1, 0.15) is 32.0 Å². The van der Waals surface area contributed by atoms with Gasteiger partial charge in [0, 0.05) is 25.2 Å². The van der Waals surface area contributed by atoms with Crippen LogP contribution >= 0.6 is 0 Å². The Morgan fingerprint density at radius 1 is 1.26 bits per heavy atom. The van der Waals surface area contributed by atoms with E-state index in [2.05, 4.69) is 15.6 Å². The van der Waals surface area contributed by atoms with Crippen molar-refractivity contribution in [3.8, 4) is 5.75 Å². The third kappa shape index (κ3) is 4.60. The van der Waals surface area contributed by atoms with E-state index < -0.39 is 12.1 Å². The van der Waals surface area contributed by atoms with Crippen molar-refractivity contribution >= 4 is 11.9 Å². The second-order valence-electron chi connectivity index (χ2n) is 6.64. The Morgan fingerprint density at radius 2 is 2.00 bits per heavy atom. The fourth-order valence-electron chi connectivity index (χ4n) is 2.74. The van der Waals surface area contributed by atoms with Gasteiger partial charge < -0.3 is 10.1 Å². The number of ether oxygens (including phenoxy) is 1. The van der Waals surface area contributed by atoms with Crippen molar-refractivity contribution in [2.75, 3.05) is 13.2 Å². The second kappa shape index (κ2) is 8.15.